The molecule has 2 heterocycles. The van der Waals surface area contributed by atoms with E-state index in [2.05, 4.69) is 10.2 Å². The average molecular weight is 422 g/mol. The summed E-state index contributed by atoms with van der Waals surface area (Å²) < 4.78 is 23.6. The number of nitrogens with zero attached hydrogens (tertiary/aromatic N) is 2. The number of carbonyl (C=O) groups excluding carboxylic acids is 2. The van der Waals surface area contributed by atoms with Gasteiger partial charge in [-0.3, -0.25) is 14.5 Å². The van der Waals surface area contributed by atoms with E-state index in [-0.39, 0.29) is 41.3 Å². The van der Waals surface area contributed by atoms with Crippen LogP contribution in [0.25, 0.3) is 0 Å². The van der Waals surface area contributed by atoms with Crippen molar-refractivity contribution in [1.82, 2.24) is 9.80 Å². The van der Waals surface area contributed by atoms with Gasteiger partial charge >= 0.3 is 0 Å². The van der Waals surface area contributed by atoms with Gasteiger partial charge in [-0.1, -0.05) is 18.2 Å². The second-order valence-corrected chi connectivity index (χ2v) is 10.3. The highest BCUT2D eigenvalue weighted by Crippen LogP contribution is 2.24. The maximum Gasteiger partial charge on any atom is 0.239 e. The summed E-state index contributed by atoms with van der Waals surface area (Å²) in [5.74, 6) is 0.192. The topological polar surface area (TPSA) is 86.8 Å². The molecule has 7 nitrogen and oxygen atoms in total. The molecule has 2 atom stereocenters. The number of carbonyl (C=O) groups is 2. The van der Waals surface area contributed by atoms with E-state index >= 15 is 0 Å². The van der Waals surface area contributed by atoms with Crippen LogP contribution in [0.3, 0.4) is 0 Å². The van der Waals surface area contributed by atoms with Crippen LogP contribution < -0.4 is 5.32 Å². The molecule has 0 aromatic heterocycles. The van der Waals surface area contributed by atoms with E-state index < -0.39 is 9.84 Å². The number of nitrogens with one attached hydrogen (secondary N) is 1. The molecule has 8 heteroatoms. The fourth-order valence-electron chi connectivity index (χ4n) is 4.33. The minimum absolute atomic E-state index is 0.0122. The lowest BCUT2D eigenvalue weighted by Crippen LogP contribution is -2.53. The van der Waals surface area contributed by atoms with Crippen LogP contribution in [0.5, 0.6) is 0 Å². The van der Waals surface area contributed by atoms with Crippen LogP contribution in [-0.2, 0) is 19.4 Å². The van der Waals surface area contributed by atoms with Crippen molar-refractivity contribution in [2.45, 2.75) is 45.2 Å². The Morgan fingerprint density at radius 1 is 1.17 bits per heavy atom. The third-order valence-corrected chi connectivity index (χ3v) is 7.87. The van der Waals surface area contributed by atoms with E-state index in [1.807, 2.05) is 44.2 Å². The molecule has 2 unspecified atom stereocenters. The predicted molar refractivity (Wildman–Crippen MR) is 113 cm³/mol. The SMILES string of the molecule is CCN(C(=O)C(C)N1CCC(C(=O)Nc2ccccc2)CC1)C1CCS(=O)(=O)C1. The number of piperidine rings is 1. The number of likely N-dealkylation sites (N-methyl/N-ethyl adjacent to an activating group) is 1. The molecule has 2 saturated heterocycles. The molecule has 2 fully saturated rings. The van der Waals surface area contributed by atoms with E-state index in [1.54, 1.807) is 4.90 Å². The fourth-order valence-corrected chi connectivity index (χ4v) is 6.06. The van der Waals surface area contributed by atoms with E-state index in [9.17, 15) is 18.0 Å². The highest BCUT2D eigenvalue weighted by atomic mass is 32.2. The first-order valence-corrected chi connectivity index (χ1v) is 12.2. The van der Waals surface area contributed by atoms with Crippen LogP contribution in [0.1, 0.15) is 33.1 Å². The Morgan fingerprint density at radius 2 is 1.83 bits per heavy atom. The van der Waals surface area contributed by atoms with Crippen LogP contribution in [0, 0.1) is 5.92 Å². The highest BCUT2D eigenvalue weighted by molar-refractivity contribution is 7.91. The summed E-state index contributed by atoms with van der Waals surface area (Å²) >= 11 is 0. The Bertz CT molecular complexity index is 820. The van der Waals surface area contributed by atoms with Crippen molar-refractivity contribution in [2.75, 3.05) is 36.5 Å². The fraction of sp³-hybridized carbons (Fsp3) is 0.619. The Balaban J connectivity index is 1.53. The smallest absolute Gasteiger partial charge is 0.239 e. The molecule has 2 aliphatic rings. The quantitative estimate of drug-likeness (QED) is 0.756. The van der Waals surface area contributed by atoms with Gasteiger partial charge in [0.25, 0.3) is 0 Å². The van der Waals surface area contributed by atoms with Crippen LogP contribution in [0.2, 0.25) is 0 Å². The number of likely N-dealkylation sites (tertiary alicyclic amines) is 1. The van der Waals surface area contributed by atoms with Crippen molar-refractivity contribution in [1.29, 1.82) is 0 Å². The Kier molecular flexibility index (Phi) is 6.95. The van der Waals surface area contributed by atoms with Gasteiger partial charge in [0.15, 0.2) is 9.84 Å². The molecule has 0 aliphatic carbocycles. The summed E-state index contributed by atoms with van der Waals surface area (Å²) in [7, 11) is -3.03. The molecular formula is C21H31N3O4S. The van der Waals surface area contributed by atoms with Crippen molar-refractivity contribution in [3.63, 3.8) is 0 Å². The van der Waals surface area contributed by atoms with E-state index in [0.717, 1.165) is 5.69 Å². The van der Waals surface area contributed by atoms with Gasteiger partial charge in [-0.2, -0.15) is 0 Å². The average Bonchev–Trinajstić information content (AvgIpc) is 3.08. The molecule has 1 aromatic rings. The van der Waals surface area contributed by atoms with Gasteiger partial charge in [-0.05, 0) is 58.3 Å². The summed E-state index contributed by atoms with van der Waals surface area (Å²) in [5.41, 5.74) is 0.800. The molecule has 3 rings (SSSR count). The van der Waals surface area contributed by atoms with Gasteiger partial charge in [0.05, 0.1) is 17.5 Å². The molecule has 1 aromatic carbocycles. The van der Waals surface area contributed by atoms with Crippen molar-refractivity contribution < 1.29 is 18.0 Å². The van der Waals surface area contributed by atoms with Crippen molar-refractivity contribution in [3.8, 4) is 0 Å². The van der Waals surface area contributed by atoms with Crippen LogP contribution in [0.4, 0.5) is 5.69 Å². The van der Waals surface area contributed by atoms with E-state index in [0.29, 0.717) is 38.9 Å². The van der Waals surface area contributed by atoms with Gasteiger partial charge in [0, 0.05) is 24.2 Å². The number of anilines is 1. The van der Waals surface area contributed by atoms with Crippen LogP contribution >= 0.6 is 0 Å². The first-order valence-electron chi connectivity index (χ1n) is 10.4. The lowest BCUT2D eigenvalue weighted by atomic mass is 9.94. The Labute approximate surface area is 173 Å². The molecule has 2 amide bonds. The lowest BCUT2D eigenvalue weighted by Gasteiger charge is -2.38. The third kappa shape index (κ3) is 5.36. The maximum atomic E-state index is 13.0. The standard InChI is InChI=1S/C21H31N3O4S/c1-3-24(19-11-14-29(27,28)15-19)21(26)16(2)23-12-9-17(10-13-23)20(25)22-18-7-5-4-6-8-18/h4-8,16-17,19H,3,9-15H2,1-2H3,(H,22,25). The van der Waals surface area contributed by atoms with Gasteiger partial charge in [-0.15, -0.1) is 0 Å². The summed E-state index contributed by atoms with van der Waals surface area (Å²) in [6, 6.07) is 8.91. The Hall–Kier alpha value is -1.93. The molecule has 0 saturated carbocycles. The molecule has 29 heavy (non-hydrogen) atoms. The number of hydrogen-bond acceptors (Lipinski definition) is 5. The molecule has 160 valence electrons. The van der Waals surface area contributed by atoms with Gasteiger partial charge in [0.1, 0.15) is 0 Å². The van der Waals surface area contributed by atoms with Gasteiger partial charge < -0.3 is 10.2 Å². The molecule has 1 N–H and O–H groups in total. The number of amides is 2. The minimum atomic E-state index is -3.03. The third-order valence-electron chi connectivity index (χ3n) is 6.12. The van der Waals surface area contributed by atoms with Gasteiger partial charge in [0.2, 0.25) is 11.8 Å². The first kappa shape index (κ1) is 21.8. The number of hydrogen-bond donors (Lipinski definition) is 1. The summed E-state index contributed by atoms with van der Waals surface area (Å²) in [6.07, 6.45) is 1.94. The normalized spacial score (nSPS) is 23.4. The Morgan fingerprint density at radius 3 is 2.38 bits per heavy atom. The largest absolute Gasteiger partial charge is 0.338 e. The van der Waals surface area contributed by atoms with Crippen molar-refractivity contribution >= 4 is 27.3 Å². The molecule has 0 radical (unpaired) electrons. The zero-order valence-electron chi connectivity index (χ0n) is 17.2. The summed E-state index contributed by atoms with van der Waals surface area (Å²) in [6.45, 7) is 5.66. The number of para-hydroxylation sites is 1. The molecular weight excluding hydrogens is 390 g/mol. The van der Waals surface area contributed by atoms with Crippen LogP contribution in [0.15, 0.2) is 30.3 Å². The predicted octanol–water partition coefficient (Wildman–Crippen LogP) is 1.76. The zero-order chi connectivity index (χ0) is 21.0. The van der Waals surface area contributed by atoms with E-state index in [1.165, 1.54) is 0 Å². The minimum Gasteiger partial charge on any atom is -0.338 e. The first-order chi connectivity index (χ1) is 13.8. The number of rotatable bonds is 6. The highest BCUT2D eigenvalue weighted by Gasteiger charge is 2.37. The number of benzene rings is 1. The molecule has 0 spiro atoms. The van der Waals surface area contributed by atoms with Crippen LogP contribution in [-0.4, -0.2) is 73.3 Å². The van der Waals surface area contributed by atoms with E-state index in [4.69, 9.17) is 0 Å². The zero-order valence-corrected chi connectivity index (χ0v) is 18.0. The second kappa shape index (κ2) is 9.26. The molecule has 0 bridgehead atoms. The second-order valence-electron chi connectivity index (χ2n) is 8.02. The molecule has 2 aliphatic heterocycles. The van der Waals surface area contributed by atoms with Crippen molar-refractivity contribution in [2.24, 2.45) is 5.92 Å². The summed E-state index contributed by atoms with van der Waals surface area (Å²) in [5, 5.41) is 2.96. The van der Waals surface area contributed by atoms with Crippen molar-refractivity contribution in [3.05, 3.63) is 30.3 Å². The van der Waals surface area contributed by atoms with Gasteiger partial charge in [-0.25, -0.2) is 8.42 Å². The number of sulfone groups is 1. The summed E-state index contributed by atoms with van der Waals surface area (Å²) in [4.78, 5) is 29.4. The lowest BCUT2D eigenvalue weighted by molar-refractivity contribution is -0.138. The maximum absolute atomic E-state index is 13.0. The monoisotopic (exact) mass is 421 g/mol.